The van der Waals surface area contributed by atoms with Crippen LogP contribution in [0.15, 0.2) is 12.1 Å². The van der Waals surface area contributed by atoms with E-state index in [0.717, 1.165) is 23.1 Å². The number of nitrogens with one attached hydrogen (secondary N) is 1. The fraction of sp³-hybridized carbons (Fsp3) is 0.500. The minimum Gasteiger partial charge on any atom is -0.474 e. The zero-order chi connectivity index (χ0) is 14.2. The van der Waals surface area contributed by atoms with Crippen molar-refractivity contribution in [1.82, 2.24) is 19.6 Å². The molecule has 0 aliphatic heterocycles. The summed E-state index contributed by atoms with van der Waals surface area (Å²) in [5.74, 6) is 1.35. The lowest BCUT2D eigenvalue weighted by atomic mass is 10.4. The SMILES string of the molecule is CCc1nsc(NCc2ccc(OCCOC)nn2)n1. The number of methoxy groups -OCH3 is 1. The number of aryl methyl sites for hydroxylation is 1. The van der Waals surface area contributed by atoms with E-state index in [9.17, 15) is 0 Å². The summed E-state index contributed by atoms with van der Waals surface area (Å²) < 4.78 is 14.4. The standard InChI is InChI=1S/C12H17N5O2S/c1-3-10-14-12(20-17-10)13-8-9-4-5-11(16-15-9)19-7-6-18-2/h4-5H,3,6-8H2,1-2H3,(H,13,14,17). The van der Waals surface area contributed by atoms with E-state index >= 15 is 0 Å². The maximum absolute atomic E-state index is 5.34. The highest BCUT2D eigenvalue weighted by atomic mass is 32.1. The highest BCUT2D eigenvalue weighted by molar-refractivity contribution is 7.09. The molecule has 2 aromatic heterocycles. The number of hydrogen-bond acceptors (Lipinski definition) is 8. The summed E-state index contributed by atoms with van der Waals surface area (Å²) in [4.78, 5) is 4.32. The van der Waals surface area contributed by atoms with Crippen molar-refractivity contribution in [1.29, 1.82) is 0 Å². The number of aromatic nitrogens is 4. The fourth-order valence-corrected chi connectivity index (χ4v) is 2.03. The molecule has 0 fully saturated rings. The highest BCUT2D eigenvalue weighted by Crippen LogP contribution is 2.12. The zero-order valence-electron chi connectivity index (χ0n) is 11.5. The number of ether oxygens (including phenoxy) is 2. The predicted octanol–water partition coefficient (Wildman–Crippen LogP) is 1.53. The first-order valence-electron chi connectivity index (χ1n) is 6.32. The van der Waals surface area contributed by atoms with Crippen LogP contribution >= 0.6 is 11.5 Å². The van der Waals surface area contributed by atoms with Crippen LogP contribution in [0, 0.1) is 0 Å². The quantitative estimate of drug-likeness (QED) is 0.739. The number of hydrogen-bond donors (Lipinski definition) is 1. The van der Waals surface area contributed by atoms with Gasteiger partial charge in [-0.1, -0.05) is 6.92 Å². The van der Waals surface area contributed by atoms with Gasteiger partial charge in [0.1, 0.15) is 12.4 Å². The van der Waals surface area contributed by atoms with Crippen molar-refractivity contribution in [3.8, 4) is 5.88 Å². The average Bonchev–Trinajstić information content (AvgIpc) is 2.95. The third kappa shape index (κ3) is 4.39. The molecule has 0 unspecified atom stereocenters. The van der Waals surface area contributed by atoms with Crippen LogP contribution in [-0.4, -0.2) is 39.9 Å². The van der Waals surface area contributed by atoms with Gasteiger partial charge < -0.3 is 14.8 Å². The molecule has 0 radical (unpaired) electrons. The minimum absolute atomic E-state index is 0.466. The van der Waals surface area contributed by atoms with Crippen molar-refractivity contribution in [3.63, 3.8) is 0 Å². The largest absolute Gasteiger partial charge is 0.474 e. The molecule has 0 saturated heterocycles. The summed E-state index contributed by atoms with van der Waals surface area (Å²) in [6.45, 7) is 3.58. The summed E-state index contributed by atoms with van der Waals surface area (Å²) >= 11 is 1.35. The molecular weight excluding hydrogens is 278 g/mol. The van der Waals surface area contributed by atoms with Crippen LogP contribution in [-0.2, 0) is 17.7 Å². The number of rotatable bonds is 8. The maximum Gasteiger partial charge on any atom is 0.233 e. The summed E-state index contributed by atoms with van der Waals surface area (Å²) in [5, 5.41) is 12.0. The molecule has 0 spiro atoms. The molecule has 0 aliphatic carbocycles. The second-order valence-corrected chi connectivity index (χ2v) is 4.68. The molecule has 8 heteroatoms. The van der Waals surface area contributed by atoms with Crippen LogP contribution in [0.25, 0.3) is 0 Å². The molecule has 7 nitrogen and oxygen atoms in total. The number of anilines is 1. The Morgan fingerprint density at radius 3 is 2.80 bits per heavy atom. The average molecular weight is 295 g/mol. The van der Waals surface area contributed by atoms with Crippen molar-refractivity contribution in [2.75, 3.05) is 25.6 Å². The molecule has 0 atom stereocenters. The molecule has 1 N–H and O–H groups in total. The van der Waals surface area contributed by atoms with Gasteiger partial charge in [-0.15, -0.1) is 5.10 Å². The summed E-state index contributed by atoms with van der Waals surface area (Å²) in [5.41, 5.74) is 0.817. The Bertz CT molecular complexity index is 517. The van der Waals surface area contributed by atoms with E-state index < -0.39 is 0 Å². The first kappa shape index (κ1) is 14.6. The van der Waals surface area contributed by atoms with Crippen LogP contribution in [0.4, 0.5) is 5.13 Å². The van der Waals surface area contributed by atoms with E-state index in [2.05, 4.69) is 24.9 Å². The van der Waals surface area contributed by atoms with Gasteiger partial charge in [0.25, 0.3) is 0 Å². The van der Waals surface area contributed by atoms with Gasteiger partial charge in [-0.25, -0.2) is 4.98 Å². The lowest BCUT2D eigenvalue weighted by Crippen LogP contribution is -2.07. The van der Waals surface area contributed by atoms with Crippen molar-refractivity contribution < 1.29 is 9.47 Å². The smallest absolute Gasteiger partial charge is 0.233 e. The van der Waals surface area contributed by atoms with Crippen LogP contribution < -0.4 is 10.1 Å². The van der Waals surface area contributed by atoms with Crippen LogP contribution in [0.3, 0.4) is 0 Å². The Hall–Kier alpha value is -1.80. The van der Waals surface area contributed by atoms with Crippen molar-refractivity contribution in [2.24, 2.45) is 0 Å². The number of nitrogens with zero attached hydrogens (tertiary/aromatic N) is 4. The molecule has 0 aliphatic rings. The van der Waals surface area contributed by atoms with Crippen molar-refractivity contribution in [3.05, 3.63) is 23.7 Å². The van der Waals surface area contributed by atoms with E-state index in [0.29, 0.717) is 25.6 Å². The van der Waals surface area contributed by atoms with Gasteiger partial charge in [0, 0.05) is 31.1 Å². The van der Waals surface area contributed by atoms with E-state index in [1.165, 1.54) is 11.5 Å². The normalized spacial score (nSPS) is 10.5. The molecule has 20 heavy (non-hydrogen) atoms. The van der Waals surface area contributed by atoms with Crippen LogP contribution in [0.2, 0.25) is 0 Å². The van der Waals surface area contributed by atoms with E-state index in [4.69, 9.17) is 9.47 Å². The first-order valence-corrected chi connectivity index (χ1v) is 7.10. The van der Waals surface area contributed by atoms with E-state index in [-0.39, 0.29) is 0 Å². The molecule has 0 amide bonds. The lowest BCUT2D eigenvalue weighted by molar-refractivity contribution is 0.143. The Labute approximate surface area is 121 Å². The molecular formula is C12H17N5O2S. The van der Waals surface area contributed by atoms with Crippen molar-refractivity contribution in [2.45, 2.75) is 19.9 Å². The summed E-state index contributed by atoms with van der Waals surface area (Å²) in [7, 11) is 1.63. The van der Waals surface area contributed by atoms with Crippen LogP contribution in [0.1, 0.15) is 18.4 Å². The Morgan fingerprint density at radius 1 is 1.25 bits per heavy atom. The van der Waals surface area contributed by atoms with E-state index in [1.54, 1.807) is 13.2 Å². The topological polar surface area (TPSA) is 82.1 Å². The Morgan fingerprint density at radius 2 is 2.15 bits per heavy atom. The second-order valence-electron chi connectivity index (χ2n) is 3.93. The third-order valence-corrected chi connectivity index (χ3v) is 3.15. The monoisotopic (exact) mass is 295 g/mol. The van der Waals surface area contributed by atoms with Gasteiger partial charge in [-0.05, 0) is 6.07 Å². The first-order chi connectivity index (χ1) is 9.81. The predicted molar refractivity (Wildman–Crippen MR) is 76.0 cm³/mol. The molecule has 2 rings (SSSR count). The third-order valence-electron chi connectivity index (χ3n) is 2.44. The highest BCUT2D eigenvalue weighted by Gasteiger charge is 2.03. The fourth-order valence-electron chi connectivity index (χ4n) is 1.38. The second kappa shape index (κ2) is 7.71. The summed E-state index contributed by atoms with van der Waals surface area (Å²) in [6, 6.07) is 3.65. The zero-order valence-corrected chi connectivity index (χ0v) is 12.3. The van der Waals surface area contributed by atoms with Gasteiger partial charge in [0.2, 0.25) is 11.0 Å². The molecule has 2 heterocycles. The van der Waals surface area contributed by atoms with Gasteiger partial charge >= 0.3 is 0 Å². The lowest BCUT2D eigenvalue weighted by Gasteiger charge is -2.04. The molecule has 0 bridgehead atoms. The molecule has 108 valence electrons. The Balaban J connectivity index is 1.81. The van der Waals surface area contributed by atoms with Gasteiger partial charge in [0.05, 0.1) is 18.8 Å². The molecule has 0 saturated carbocycles. The summed E-state index contributed by atoms with van der Waals surface area (Å²) in [6.07, 6.45) is 0.839. The van der Waals surface area contributed by atoms with Crippen LogP contribution in [0.5, 0.6) is 5.88 Å². The van der Waals surface area contributed by atoms with Gasteiger partial charge in [-0.2, -0.15) is 9.47 Å². The van der Waals surface area contributed by atoms with Crippen molar-refractivity contribution >= 4 is 16.7 Å². The Kier molecular flexibility index (Phi) is 5.63. The molecule has 2 aromatic rings. The molecule has 0 aromatic carbocycles. The minimum atomic E-state index is 0.466. The van der Waals surface area contributed by atoms with Gasteiger partial charge in [-0.3, -0.25) is 0 Å². The van der Waals surface area contributed by atoms with Gasteiger partial charge in [0.15, 0.2) is 0 Å². The van der Waals surface area contributed by atoms with E-state index in [1.807, 2.05) is 13.0 Å². The maximum atomic E-state index is 5.34.